The zero-order valence-corrected chi connectivity index (χ0v) is 26.0. The van der Waals surface area contributed by atoms with Crippen molar-refractivity contribution in [1.29, 1.82) is 0 Å². The van der Waals surface area contributed by atoms with Gasteiger partial charge in [-0.2, -0.15) is 0 Å². The normalized spacial score (nSPS) is 15.0. The van der Waals surface area contributed by atoms with Gasteiger partial charge in [-0.1, -0.05) is 57.9 Å². The van der Waals surface area contributed by atoms with Gasteiger partial charge in [-0.3, -0.25) is 4.79 Å². The minimum Gasteiger partial charge on any atom is -0.480 e. The summed E-state index contributed by atoms with van der Waals surface area (Å²) < 4.78 is 32.0. The molecular weight excluding hydrogens is 574 g/mol. The Labute approximate surface area is 257 Å². The SMILES string of the molecule is CCCC(C)OC(=O)Oc1ccc(C(C(C)C(C)OC(=O)Oc2ccccc2)[C@H](N)C(=O)O)cc1OC(=O)OC(C)CCC. The van der Waals surface area contributed by atoms with E-state index in [0.29, 0.717) is 18.4 Å². The number of carbonyl (C=O) groups is 4. The molecule has 5 unspecified atom stereocenters. The van der Waals surface area contributed by atoms with Crippen LogP contribution in [-0.2, 0) is 19.0 Å². The first kappa shape index (κ1) is 35.9. The van der Waals surface area contributed by atoms with Crippen molar-refractivity contribution in [3.8, 4) is 17.2 Å². The van der Waals surface area contributed by atoms with Crippen molar-refractivity contribution in [1.82, 2.24) is 0 Å². The minimum absolute atomic E-state index is 0.159. The number of hydrogen-bond acceptors (Lipinski definition) is 11. The highest BCUT2D eigenvalue weighted by atomic mass is 16.8. The molecule has 0 bridgehead atoms. The molecule has 12 heteroatoms. The molecule has 2 rings (SSSR count). The van der Waals surface area contributed by atoms with Crippen molar-refractivity contribution < 1.29 is 52.7 Å². The maximum atomic E-state index is 12.6. The van der Waals surface area contributed by atoms with Crippen LogP contribution in [-0.4, -0.2) is 53.9 Å². The first-order valence-corrected chi connectivity index (χ1v) is 14.7. The Morgan fingerprint density at radius 2 is 1.25 bits per heavy atom. The quantitative estimate of drug-likeness (QED) is 0.121. The van der Waals surface area contributed by atoms with E-state index in [9.17, 15) is 24.3 Å². The van der Waals surface area contributed by atoms with Crippen molar-refractivity contribution >= 4 is 24.4 Å². The number of nitrogens with two attached hydrogens (primary N) is 1. The summed E-state index contributed by atoms with van der Waals surface area (Å²) in [6.07, 6.45) is -1.99. The molecule has 0 saturated carbocycles. The third kappa shape index (κ3) is 11.4. The fraction of sp³-hybridized carbons (Fsp3) is 0.500. The molecule has 0 heterocycles. The van der Waals surface area contributed by atoms with Gasteiger partial charge < -0.3 is 39.3 Å². The van der Waals surface area contributed by atoms with Crippen LogP contribution >= 0.6 is 0 Å². The van der Waals surface area contributed by atoms with Crippen molar-refractivity contribution in [2.75, 3.05) is 0 Å². The molecule has 0 fully saturated rings. The van der Waals surface area contributed by atoms with Crippen LogP contribution in [0, 0.1) is 5.92 Å². The second-order valence-corrected chi connectivity index (χ2v) is 10.6. The highest BCUT2D eigenvalue weighted by molar-refractivity contribution is 5.75. The van der Waals surface area contributed by atoms with E-state index in [1.165, 1.54) is 18.2 Å². The van der Waals surface area contributed by atoms with E-state index in [4.69, 9.17) is 34.2 Å². The van der Waals surface area contributed by atoms with Gasteiger partial charge in [0.05, 0.1) is 0 Å². The molecule has 2 aromatic rings. The van der Waals surface area contributed by atoms with Crippen LogP contribution in [0.3, 0.4) is 0 Å². The van der Waals surface area contributed by atoms with E-state index in [1.807, 2.05) is 13.8 Å². The standard InChI is InChI=1S/C32H43NO11/c1-7-12-19(3)39-30(36)43-25-17-16-23(18-26(25)44-31(37)40-20(4)13-8-2)27(28(33)29(34)35)21(5)22(6)41-32(38)42-24-14-10-9-11-15-24/h9-11,14-22,27-28H,7-8,12-13,33H2,1-6H3,(H,34,35)/t19?,20?,21?,22?,27?,28-/m0/s1. The van der Waals surface area contributed by atoms with Gasteiger partial charge in [-0.15, -0.1) is 0 Å². The molecule has 12 nitrogen and oxygen atoms in total. The van der Waals surface area contributed by atoms with E-state index in [2.05, 4.69) is 0 Å². The number of ether oxygens (including phenoxy) is 6. The van der Waals surface area contributed by atoms with Gasteiger partial charge in [0.15, 0.2) is 11.5 Å². The summed E-state index contributed by atoms with van der Waals surface area (Å²) in [5.74, 6) is -3.06. The Kier molecular flexibility index (Phi) is 14.4. The summed E-state index contributed by atoms with van der Waals surface area (Å²) in [6.45, 7) is 10.5. The molecule has 0 radical (unpaired) electrons. The Balaban J connectivity index is 2.39. The topological polar surface area (TPSA) is 170 Å². The van der Waals surface area contributed by atoms with Crippen molar-refractivity contribution in [3.05, 3.63) is 54.1 Å². The van der Waals surface area contributed by atoms with Gasteiger partial charge in [0.1, 0.15) is 30.1 Å². The van der Waals surface area contributed by atoms with Crippen molar-refractivity contribution in [2.24, 2.45) is 11.7 Å². The van der Waals surface area contributed by atoms with Crippen LogP contribution in [0.4, 0.5) is 14.4 Å². The minimum atomic E-state index is -1.46. The average Bonchev–Trinajstić information content (AvgIpc) is 2.94. The van der Waals surface area contributed by atoms with Crippen LogP contribution in [0.25, 0.3) is 0 Å². The second kappa shape index (κ2) is 17.7. The third-order valence-corrected chi connectivity index (χ3v) is 6.93. The lowest BCUT2D eigenvalue weighted by atomic mass is 9.79. The Bertz CT molecular complexity index is 1240. The predicted molar refractivity (Wildman–Crippen MR) is 160 cm³/mol. The molecule has 0 aliphatic rings. The van der Waals surface area contributed by atoms with Crippen LogP contribution in [0.15, 0.2) is 48.5 Å². The van der Waals surface area contributed by atoms with Crippen LogP contribution in [0.1, 0.15) is 78.7 Å². The Hall–Kier alpha value is -4.32. The zero-order chi connectivity index (χ0) is 32.8. The number of hydrogen-bond donors (Lipinski definition) is 2. The van der Waals surface area contributed by atoms with Crippen molar-refractivity contribution in [3.63, 3.8) is 0 Å². The molecular formula is C32H43NO11. The molecule has 44 heavy (non-hydrogen) atoms. The molecule has 0 aliphatic carbocycles. The number of rotatable bonds is 15. The molecule has 0 aliphatic heterocycles. The maximum absolute atomic E-state index is 12.6. The number of carboxylic acid groups (broad SMARTS) is 1. The number of carboxylic acids is 1. The third-order valence-electron chi connectivity index (χ3n) is 6.93. The maximum Gasteiger partial charge on any atom is 0.514 e. The van der Waals surface area contributed by atoms with Crippen LogP contribution in [0.2, 0.25) is 0 Å². The first-order valence-electron chi connectivity index (χ1n) is 14.7. The molecule has 6 atom stereocenters. The number of para-hydroxylation sites is 1. The van der Waals surface area contributed by atoms with Gasteiger partial charge in [0.2, 0.25) is 0 Å². The van der Waals surface area contributed by atoms with Gasteiger partial charge >= 0.3 is 24.4 Å². The van der Waals surface area contributed by atoms with E-state index in [1.54, 1.807) is 58.0 Å². The van der Waals surface area contributed by atoms with E-state index < -0.39 is 60.6 Å². The number of carbonyl (C=O) groups excluding carboxylic acids is 3. The van der Waals surface area contributed by atoms with Gasteiger partial charge in [0.25, 0.3) is 0 Å². The smallest absolute Gasteiger partial charge is 0.480 e. The van der Waals surface area contributed by atoms with Crippen LogP contribution < -0.4 is 19.9 Å². The van der Waals surface area contributed by atoms with E-state index in [0.717, 1.165) is 12.8 Å². The van der Waals surface area contributed by atoms with Gasteiger partial charge in [-0.25, -0.2) is 14.4 Å². The highest BCUT2D eigenvalue weighted by Gasteiger charge is 2.36. The van der Waals surface area contributed by atoms with Crippen LogP contribution in [0.5, 0.6) is 17.2 Å². The summed E-state index contributed by atoms with van der Waals surface area (Å²) >= 11 is 0. The first-order chi connectivity index (χ1) is 20.9. The zero-order valence-electron chi connectivity index (χ0n) is 26.0. The van der Waals surface area contributed by atoms with Gasteiger partial charge in [0, 0.05) is 11.8 Å². The lowest BCUT2D eigenvalue weighted by molar-refractivity contribution is -0.139. The molecule has 0 spiro atoms. The monoisotopic (exact) mass is 617 g/mol. The lowest BCUT2D eigenvalue weighted by Gasteiger charge is -2.31. The summed E-state index contributed by atoms with van der Waals surface area (Å²) in [6, 6.07) is 11.0. The molecule has 0 amide bonds. The van der Waals surface area contributed by atoms with Gasteiger partial charge in [-0.05, 0) is 63.4 Å². The molecule has 242 valence electrons. The predicted octanol–water partition coefficient (Wildman–Crippen LogP) is 6.83. The molecule has 3 N–H and O–H groups in total. The summed E-state index contributed by atoms with van der Waals surface area (Å²) in [5, 5.41) is 9.84. The Morgan fingerprint density at radius 1 is 0.727 bits per heavy atom. The largest absolute Gasteiger partial charge is 0.514 e. The molecule has 0 saturated heterocycles. The van der Waals surface area contributed by atoms with E-state index in [-0.39, 0.29) is 17.2 Å². The number of aliphatic carboxylic acids is 1. The highest BCUT2D eigenvalue weighted by Crippen LogP contribution is 2.37. The summed E-state index contributed by atoms with van der Waals surface area (Å²) in [7, 11) is 0. The Morgan fingerprint density at radius 3 is 1.77 bits per heavy atom. The second-order valence-electron chi connectivity index (χ2n) is 10.6. The molecule has 2 aromatic carbocycles. The summed E-state index contributed by atoms with van der Waals surface area (Å²) in [4.78, 5) is 49.6. The van der Waals surface area contributed by atoms with Crippen molar-refractivity contribution in [2.45, 2.75) is 97.5 Å². The average molecular weight is 618 g/mol. The lowest BCUT2D eigenvalue weighted by Crippen LogP contribution is -2.43. The molecule has 0 aromatic heterocycles. The summed E-state index contributed by atoms with van der Waals surface area (Å²) in [5.41, 5.74) is 6.44. The van der Waals surface area contributed by atoms with E-state index >= 15 is 0 Å². The number of benzene rings is 2. The fourth-order valence-electron chi connectivity index (χ4n) is 4.53. The fourth-order valence-corrected chi connectivity index (χ4v) is 4.53.